The van der Waals surface area contributed by atoms with E-state index in [4.69, 9.17) is 17.2 Å². The third-order valence-electron chi connectivity index (χ3n) is 1.72. The molecule has 1 rings (SSSR count). The molecule has 3 heteroatoms. The summed E-state index contributed by atoms with van der Waals surface area (Å²) in [5.74, 6) is 0.786. The summed E-state index contributed by atoms with van der Waals surface area (Å²) in [5.41, 5.74) is 0. The molecule has 0 N–H and O–H groups in total. The molecule has 1 radical (unpaired) electrons. The number of rotatable bonds is 0. The maximum absolute atomic E-state index is 4.97. The van der Waals surface area contributed by atoms with Crippen LogP contribution in [0.15, 0.2) is 0 Å². The molecule has 0 aromatic heterocycles. The van der Waals surface area contributed by atoms with E-state index in [0.29, 0.717) is 0 Å². The van der Waals surface area contributed by atoms with Crippen LogP contribution in [0.25, 0.3) is 0 Å². The molecule has 0 saturated heterocycles. The first-order valence-electron chi connectivity index (χ1n) is 3.76. The van der Waals surface area contributed by atoms with Crippen molar-refractivity contribution in [1.29, 1.82) is 0 Å². The van der Waals surface area contributed by atoms with Gasteiger partial charge in [-0.1, -0.05) is 39.0 Å². The van der Waals surface area contributed by atoms with Crippen molar-refractivity contribution in [3.63, 3.8) is 0 Å². The molecular formula is C7H14Cl2In. The fourth-order valence-corrected chi connectivity index (χ4v) is 1.19. The maximum atomic E-state index is 4.97. The molecule has 1 fully saturated rings. The van der Waals surface area contributed by atoms with Crippen molar-refractivity contribution in [2.24, 2.45) is 5.92 Å². The summed E-state index contributed by atoms with van der Waals surface area (Å²) in [7, 11) is 9.95. The van der Waals surface area contributed by atoms with Crippen LogP contribution in [0.1, 0.15) is 32.1 Å². The second kappa shape index (κ2) is 8.55. The van der Waals surface area contributed by atoms with Crippen LogP contribution in [0, 0.1) is 12.8 Å². The number of hydrogen-bond acceptors (Lipinski definition) is 0. The van der Waals surface area contributed by atoms with E-state index in [1.165, 1.54) is 32.1 Å². The zero-order valence-electron chi connectivity index (χ0n) is 6.28. The molecule has 0 heterocycles. The van der Waals surface area contributed by atoms with Crippen molar-refractivity contribution in [1.82, 2.24) is 0 Å². The van der Waals surface area contributed by atoms with Gasteiger partial charge in [0.05, 0.1) is 0 Å². The van der Waals surface area contributed by atoms with E-state index in [0.717, 1.165) is 5.92 Å². The fourth-order valence-electron chi connectivity index (χ4n) is 1.19. The molecule has 0 aliphatic heterocycles. The molecule has 59 valence electrons. The Balaban J connectivity index is 0.000000236. The van der Waals surface area contributed by atoms with E-state index in [9.17, 15) is 0 Å². The Bertz CT molecular complexity index is 62.6. The van der Waals surface area contributed by atoms with Crippen LogP contribution in [0.4, 0.5) is 0 Å². The summed E-state index contributed by atoms with van der Waals surface area (Å²) in [6, 6.07) is 0. The molecule has 1 aliphatic rings. The molecular weight excluding hydrogens is 270 g/mol. The Hall–Kier alpha value is 1.45. The molecule has 0 atom stereocenters. The summed E-state index contributed by atoms with van der Waals surface area (Å²) in [4.78, 5) is 0. The van der Waals surface area contributed by atoms with Gasteiger partial charge in [-0.05, 0) is 5.92 Å². The van der Waals surface area contributed by atoms with Crippen LogP contribution < -0.4 is 0 Å². The van der Waals surface area contributed by atoms with Gasteiger partial charge in [-0.15, -0.1) is 0 Å². The first-order valence-corrected chi connectivity index (χ1v) is 14.0. The summed E-state index contributed by atoms with van der Waals surface area (Å²) in [6.07, 6.45) is 7.05. The van der Waals surface area contributed by atoms with Crippen molar-refractivity contribution >= 4 is 37.7 Å². The minimum absolute atomic E-state index is 0.786. The minimum atomic E-state index is -1.07. The molecule has 0 nitrogen and oxygen atoms in total. The van der Waals surface area contributed by atoms with E-state index in [2.05, 4.69) is 6.92 Å². The quantitative estimate of drug-likeness (QED) is 0.641. The predicted molar refractivity (Wildman–Crippen MR) is 50.8 cm³/mol. The first-order chi connectivity index (χ1) is 4.81. The van der Waals surface area contributed by atoms with Crippen molar-refractivity contribution in [3.8, 4) is 0 Å². The van der Waals surface area contributed by atoms with Crippen LogP contribution in [0.5, 0.6) is 0 Å². The third kappa shape index (κ3) is 7.56. The van der Waals surface area contributed by atoms with E-state index < -0.39 is 20.5 Å². The fraction of sp³-hybridized carbons (Fsp3) is 0.857. The van der Waals surface area contributed by atoms with E-state index in [1.54, 1.807) is 0 Å². The van der Waals surface area contributed by atoms with Gasteiger partial charge in [0.1, 0.15) is 0 Å². The van der Waals surface area contributed by atoms with E-state index in [-0.39, 0.29) is 0 Å². The second-order valence-corrected chi connectivity index (χ2v) is 8.60. The summed E-state index contributed by atoms with van der Waals surface area (Å²) in [6.45, 7) is 4.00. The zero-order chi connectivity index (χ0) is 7.82. The van der Waals surface area contributed by atoms with Gasteiger partial charge < -0.3 is 0 Å². The molecule has 0 spiro atoms. The molecule has 0 bridgehead atoms. The van der Waals surface area contributed by atoms with Crippen molar-refractivity contribution < 1.29 is 0 Å². The topological polar surface area (TPSA) is 0 Å². The molecule has 0 aromatic carbocycles. The average molecular weight is 284 g/mol. The van der Waals surface area contributed by atoms with E-state index in [1.807, 2.05) is 0 Å². The SMILES string of the molecule is [CH2]C1CCCCC1.[Cl][InH][Cl]. The van der Waals surface area contributed by atoms with Crippen molar-refractivity contribution in [3.05, 3.63) is 6.92 Å². The van der Waals surface area contributed by atoms with Crippen LogP contribution in [0.3, 0.4) is 0 Å². The van der Waals surface area contributed by atoms with Crippen molar-refractivity contribution in [2.45, 2.75) is 32.1 Å². The van der Waals surface area contributed by atoms with E-state index >= 15 is 0 Å². The average Bonchev–Trinajstić information content (AvgIpc) is 1.91. The summed E-state index contributed by atoms with van der Waals surface area (Å²) in [5, 5.41) is 0. The zero-order valence-corrected chi connectivity index (χ0v) is 11.8. The number of hydrogen-bond donors (Lipinski definition) is 0. The van der Waals surface area contributed by atoms with Gasteiger partial charge in [-0.2, -0.15) is 0 Å². The predicted octanol–water partition coefficient (Wildman–Crippen LogP) is 3.13. The Morgan fingerprint density at radius 1 is 1.10 bits per heavy atom. The Kier molecular flexibility index (Phi) is 9.79. The summed E-state index contributed by atoms with van der Waals surface area (Å²) < 4.78 is 0. The molecule has 10 heavy (non-hydrogen) atoms. The molecule has 0 amide bonds. The van der Waals surface area contributed by atoms with Crippen LogP contribution in [0.2, 0.25) is 0 Å². The first kappa shape index (κ1) is 11.5. The van der Waals surface area contributed by atoms with Crippen LogP contribution in [-0.2, 0) is 0 Å². The van der Waals surface area contributed by atoms with Crippen LogP contribution >= 0.6 is 17.2 Å². The van der Waals surface area contributed by atoms with Crippen molar-refractivity contribution in [2.75, 3.05) is 0 Å². The Morgan fingerprint density at radius 2 is 1.50 bits per heavy atom. The normalized spacial score (nSPS) is 19.1. The van der Waals surface area contributed by atoms with Gasteiger partial charge in [0.15, 0.2) is 0 Å². The third-order valence-corrected chi connectivity index (χ3v) is 1.72. The van der Waals surface area contributed by atoms with Gasteiger partial charge in [0.25, 0.3) is 0 Å². The molecule has 1 saturated carbocycles. The van der Waals surface area contributed by atoms with Gasteiger partial charge >= 0.3 is 37.7 Å². The van der Waals surface area contributed by atoms with Gasteiger partial charge in [-0.25, -0.2) is 0 Å². The summed E-state index contributed by atoms with van der Waals surface area (Å²) >= 11 is -1.07. The van der Waals surface area contributed by atoms with Gasteiger partial charge in [-0.3, -0.25) is 0 Å². The molecule has 1 aliphatic carbocycles. The Morgan fingerprint density at radius 3 is 1.70 bits per heavy atom. The van der Waals surface area contributed by atoms with Gasteiger partial charge in [0.2, 0.25) is 0 Å². The number of halogens is 2. The second-order valence-electron chi connectivity index (χ2n) is 2.61. The van der Waals surface area contributed by atoms with Gasteiger partial charge in [0, 0.05) is 0 Å². The monoisotopic (exact) mass is 283 g/mol. The molecule has 0 unspecified atom stereocenters. The molecule has 0 aromatic rings. The Labute approximate surface area is 82.2 Å². The standard InChI is InChI=1S/C7H13.2ClH.In.H/c1-7-5-3-2-4-6-7;;;;/h7H,1-6H2;2*1H;;/q;;;+2;/p-2. The van der Waals surface area contributed by atoms with Crippen LogP contribution in [-0.4, -0.2) is 20.5 Å².